The van der Waals surface area contributed by atoms with E-state index < -0.39 is 11.8 Å². The van der Waals surface area contributed by atoms with Crippen LogP contribution in [0.4, 0.5) is 0 Å². The van der Waals surface area contributed by atoms with Gasteiger partial charge in [0.1, 0.15) is 5.75 Å². The van der Waals surface area contributed by atoms with Crippen molar-refractivity contribution in [3.8, 4) is 5.75 Å². The fourth-order valence-electron chi connectivity index (χ4n) is 3.31. The molecule has 5 heteroatoms. The van der Waals surface area contributed by atoms with Gasteiger partial charge < -0.3 is 15.4 Å². The second-order valence-corrected chi connectivity index (χ2v) is 6.83. The molecule has 0 radical (unpaired) electrons. The van der Waals surface area contributed by atoms with Crippen molar-refractivity contribution in [2.75, 3.05) is 6.61 Å². The average molecular weight is 346 g/mol. The Hall–Kier alpha value is -2.04. The lowest BCUT2D eigenvalue weighted by atomic mass is 10.0. The third-order valence-electron chi connectivity index (χ3n) is 4.68. The number of nitrogens with one attached hydrogen (secondary N) is 2. The average Bonchev–Trinajstić information content (AvgIpc) is 2.85. The maximum Gasteiger partial charge on any atom is 0.309 e. The molecule has 1 aliphatic rings. The first-order valence-electron chi connectivity index (χ1n) is 9.36. The van der Waals surface area contributed by atoms with E-state index in [2.05, 4.69) is 10.6 Å². The number of ether oxygens (including phenoxy) is 1. The summed E-state index contributed by atoms with van der Waals surface area (Å²) in [4.78, 5) is 24.5. The van der Waals surface area contributed by atoms with Crippen LogP contribution in [0.2, 0.25) is 0 Å². The Bertz CT molecular complexity index is 593. The Morgan fingerprint density at radius 3 is 2.48 bits per heavy atom. The highest BCUT2D eigenvalue weighted by molar-refractivity contribution is 6.35. The van der Waals surface area contributed by atoms with E-state index in [9.17, 15) is 9.59 Å². The van der Waals surface area contributed by atoms with Gasteiger partial charge >= 0.3 is 11.8 Å². The minimum atomic E-state index is -0.583. The predicted octanol–water partition coefficient (Wildman–Crippen LogP) is 3.41. The van der Waals surface area contributed by atoms with Gasteiger partial charge in [0.2, 0.25) is 0 Å². The summed E-state index contributed by atoms with van der Waals surface area (Å²) in [6.45, 7) is 6.34. The van der Waals surface area contributed by atoms with Crippen LogP contribution < -0.4 is 15.4 Å². The van der Waals surface area contributed by atoms with Gasteiger partial charge in [0.15, 0.2) is 0 Å². The molecule has 138 valence electrons. The maximum atomic E-state index is 12.3. The Kier molecular flexibility index (Phi) is 7.29. The largest absolute Gasteiger partial charge is 0.494 e. The van der Waals surface area contributed by atoms with Crippen molar-refractivity contribution in [3.05, 3.63) is 29.3 Å². The molecule has 1 unspecified atom stereocenters. The van der Waals surface area contributed by atoms with Crippen molar-refractivity contribution in [1.82, 2.24) is 10.6 Å². The van der Waals surface area contributed by atoms with Crippen LogP contribution in [0.3, 0.4) is 0 Å². The van der Waals surface area contributed by atoms with Gasteiger partial charge in [-0.05, 0) is 39.7 Å². The quantitative estimate of drug-likeness (QED) is 0.634. The van der Waals surface area contributed by atoms with Crippen LogP contribution in [0.25, 0.3) is 0 Å². The molecule has 1 atom stereocenters. The Morgan fingerprint density at radius 1 is 1.16 bits per heavy atom. The van der Waals surface area contributed by atoms with Gasteiger partial charge in [-0.2, -0.15) is 0 Å². The van der Waals surface area contributed by atoms with Gasteiger partial charge in [0.05, 0.1) is 12.6 Å². The van der Waals surface area contributed by atoms with Crippen molar-refractivity contribution in [3.63, 3.8) is 0 Å². The molecule has 1 fully saturated rings. The van der Waals surface area contributed by atoms with Gasteiger partial charge in [-0.25, -0.2) is 0 Å². The fraction of sp³-hybridized carbons (Fsp3) is 0.600. The fourth-order valence-corrected chi connectivity index (χ4v) is 3.31. The molecule has 1 saturated carbocycles. The zero-order valence-electron chi connectivity index (χ0n) is 15.6. The Morgan fingerprint density at radius 2 is 1.84 bits per heavy atom. The lowest BCUT2D eigenvalue weighted by Gasteiger charge is -2.20. The van der Waals surface area contributed by atoms with Crippen molar-refractivity contribution in [2.45, 2.75) is 71.4 Å². The van der Waals surface area contributed by atoms with E-state index in [0.717, 1.165) is 42.6 Å². The van der Waals surface area contributed by atoms with Gasteiger partial charge in [0.25, 0.3) is 0 Å². The number of benzene rings is 1. The number of carbonyl (C=O) groups is 2. The minimum Gasteiger partial charge on any atom is -0.494 e. The smallest absolute Gasteiger partial charge is 0.309 e. The first-order chi connectivity index (χ1) is 12.0. The van der Waals surface area contributed by atoms with Gasteiger partial charge in [0, 0.05) is 11.6 Å². The Labute approximate surface area is 150 Å². The molecule has 0 spiro atoms. The highest BCUT2D eigenvalue weighted by Gasteiger charge is 2.22. The molecule has 1 aromatic rings. The summed E-state index contributed by atoms with van der Waals surface area (Å²) in [5, 5.41) is 5.68. The maximum absolute atomic E-state index is 12.3. The predicted molar refractivity (Wildman–Crippen MR) is 98.5 cm³/mol. The summed E-state index contributed by atoms with van der Waals surface area (Å²) < 4.78 is 5.64. The van der Waals surface area contributed by atoms with Crippen LogP contribution in [0, 0.1) is 6.92 Å². The van der Waals surface area contributed by atoms with Gasteiger partial charge in [-0.3, -0.25) is 9.59 Å². The number of carbonyl (C=O) groups excluding carboxylic acids is 2. The van der Waals surface area contributed by atoms with E-state index in [-0.39, 0.29) is 12.1 Å². The molecule has 25 heavy (non-hydrogen) atoms. The first-order valence-corrected chi connectivity index (χ1v) is 9.36. The van der Waals surface area contributed by atoms with Crippen LogP contribution in [0.15, 0.2) is 18.2 Å². The highest BCUT2D eigenvalue weighted by atomic mass is 16.5. The van der Waals surface area contributed by atoms with E-state index >= 15 is 0 Å². The third kappa shape index (κ3) is 5.76. The molecule has 0 aliphatic heterocycles. The zero-order valence-corrected chi connectivity index (χ0v) is 15.6. The summed E-state index contributed by atoms with van der Waals surface area (Å²) in [6.07, 6.45) is 6.57. The second kappa shape index (κ2) is 9.44. The van der Waals surface area contributed by atoms with Gasteiger partial charge in [-0.1, -0.05) is 43.4 Å². The number of amides is 2. The number of hydrogen-bond donors (Lipinski definition) is 2. The molecule has 0 heterocycles. The molecule has 2 rings (SSSR count). The summed E-state index contributed by atoms with van der Waals surface area (Å²) in [6, 6.07) is 5.69. The van der Waals surface area contributed by atoms with E-state index in [1.807, 2.05) is 39.0 Å². The Balaban J connectivity index is 1.97. The van der Waals surface area contributed by atoms with E-state index in [1.54, 1.807) is 0 Å². The lowest BCUT2D eigenvalue weighted by Crippen LogP contribution is -2.45. The molecule has 1 aliphatic carbocycles. The lowest BCUT2D eigenvalue weighted by molar-refractivity contribution is -0.140. The van der Waals surface area contributed by atoms with Crippen LogP contribution in [0.1, 0.15) is 69.5 Å². The van der Waals surface area contributed by atoms with Crippen LogP contribution >= 0.6 is 0 Å². The van der Waals surface area contributed by atoms with Crippen LogP contribution in [-0.4, -0.2) is 24.5 Å². The summed E-state index contributed by atoms with van der Waals surface area (Å²) in [5.41, 5.74) is 1.97. The van der Waals surface area contributed by atoms with Crippen molar-refractivity contribution < 1.29 is 14.3 Å². The number of hydrogen-bond acceptors (Lipinski definition) is 3. The highest BCUT2D eigenvalue weighted by Crippen LogP contribution is 2.26. The summed E-state index contributed by atoms with van der Waals surface area (Å²) >= 11 is 0. The number of aryl methyl sites for hydroxylation is 1. The van der Waals surface area contributed by atoms with E-state index in [1.165, 1.54) is 12.8 Å². The second-order valence-electron chi connectivity index (χ2n) is 6.83. The number of rotatable bonds is 5. The molecule has 0 bridgehead atoms. The van der Waals surface area contributed by atoms with E-state index in [4.69, 9.17) is 4.74 Å². The summed E-state index contributed by atoms with van der Waals surface area (Å²) in [7, 11) is 0. The molecule has 0 aromatic heterocycles. The SMILES string of the molecule is CCOc1ccc(C)cc1C(C)NC(=O)C(=O)NC1CCCCCC1. The molecule has 2 amide bonds. The normalized spacial score (nSPS) is 16.6. The minimum absolute atomic E-state index is 0.119. The molecular formula is C20H30N2O3. The molecule has 0 saturated heterocycles. The zero-order chi connectivity index (χ0) is 18.2. The van der Waals surface area contributed by atoms with Crippen molar-refractivity contribution in [2.24, 2.45) is 0 Å². The van der Waals surface area contributed by atoms with Crippen LogP contribution in [0.5, 0.6) is 5.75 Å². The molecule has 1 aromatic carbocycles. The monoisotopic (exact) mass is 346 g/mol. The first kappa shape index (κ1) is 19.3. The summed E-state index contributed by atoms with van der Waals surface area (Å²) in [5.74, 6) is -0.379. The molecule has 2 N–H and O–H groups in total. The van der Waals surface area contributed by atoms with Gasteiger partial charge in [-0.15, -0.1) is 0 Å². The molecule has 5 nitrogen and oxygen atoms in total. The topological polar surface area (TPSA) is 67.4 Å². The van der Waals surface area contributed by atoms with Crippen LogP contribution in [-0.2, 0) is 9.59 Å². The van der Waals surface area contributed by atoms with Crippen molar-refractivity contribution >= 4 is 11.8 Å². The van der Waals surface area contributed by atoms with Crippen molar-refractivity contribution in [1.29, 1.82) is 0 Å². The van der Waals surface area contributed by atoms with E-state index in [0.29, 0.717) is 6.61 Å². The standard InChI is InChI=1S/C20H30N2O3/c1-4-25-18-12-11-14(2)13-17(18)15(3)21-19(23)20(24)22-16-9-7-5-6-8-10-16/h11-13,15-16H,4-10H2,1-3H3,(H,21,23)(H,22,24). The third-order valence-corrected chi connectivity index (χ3v) is 4.68. The molecular weight excluding hydrogens is 316 g/mol.